The summed E-state index contributed by atoms with van der Waals surface area (Å²) in [5.41, 5.74) is 0.889. The highest BCUT2D eigenvalue weighted by Crippen LogP contribution is 2.21. The molecule has 0 saturated heterocycles. The van der Waals surface area contributed by atoms with E-state index in [1.165, 1.54) is 0 Å². The molecule has 3 aromatic rings. The number of amides is 1. The average Bonchev–Trinajstić information content (AvgIpc) is 2.54. The normalized spacial score (nSPS) is 10.4. The number of rotatable bonds is 2. The Morgan fingerprint density at radius 3 is 2.45 bits per heavy atom. The summed E-state index contributed by atoms with van der Waals surface area (Å²) >= 11 is 0. The molecule has 3 aromatic carbocycles. The monoisotopic (exact) mass is 262 g/mol. The predicted molar refractivity (Wildman–Crippen MR) is 77.8 cm³/mol. The van der Waals surface area contributed by atoms with Gasteiger partial charge in [-0.1, -0.05) is 48.5 Å². The molecule has 1 N–H and O–H groups in total. The van der Waals surface area contributed by atoms with Crippen molar-refractivity contribution >= 4 is 22.4 Å². The standard InChI is InChI=1S/C17H12NO2/c19-17(18(20)14-9-2-1-3-10-14)16-12-6-8-13-7-4-5-11-15(13)16/h2-12,20H. The molecule has 1 radical (unpaired) electrons. The molecule has 0 aliphatic heterocycles. The second-order valence-electron chi connectivity index (χ2n) is 4.40. The second-order valence-corrected chi connectivity index (χ2v) is 4.40. The Hall–Kier alpha value is -2.65. The lowest BCUT2D eigenvalue weighted by Crippen LogP contribution is -2.27. The van der Waals surface area contributed by atoms with E-state index in [0.717, 1.165) is 10.8 Å². The molecule has 3 nitrogen and oxygen atoms in total. The summed E-state index contributed by atoms with van der Waals surface area (Å²) in [6, 6.07) is 22.4. The summed E-state index contributed by atoms with van der Waals surface area (Å²) in [6.45, 7) is 0. The van der Waals surface area contributed by atoms with Crippen molar-refractivity contribution in [3.8, 4) is 0 Å². The quantitative estimate of drug-likeness (QED) is 0.565. The van der Waals surface area contributed by atoms with Crippen molar-refractivity contribution in [2.75, 3.05) is 5.06 Å². The molecule has 3 heteroatoms. The maximum absolute atomic E-state index is 12.4. The summed E-state index contributed by atoms with van der Waals surface area (Å²) < 4.78 is 0. The highest BCUT2D eigenvalue weighted by atomic mass is 16.5. The van der Waals surface area contributed by atoms with Gasteiger partial charge in [-0.3, -0.25) is 10.0 Å². The van der Waals surface area contributed by atoms with Crippen molar-refractivity contribution < 1.29 is 10.0 Å². The molecular formula is C17H12NO2. The molecule has 0 atom stereocenters. The van der Waals surface area contributed by atoms with Crippen LogP contribution in [0.4, 0.5) is 5.69 Å². The van der Waals surface area contributed by atoms with E-state index in [9.17, 15) is 10.0 Å². The van der Waals surface area contributed by atoms with Crippen LogP contribution in [-0.4, -0.2) is 11.1 Å². The first kappa shape index (κ1) is 12.4. The SMILES string of the molecule is O=C(c1cccc2ccccc12)N(O)c1cc[c]cc1. The van der Waals surface area contributed by atoms with Crippen LogP contribution in [0.15, 0.2) is 66.7 Å². The maximum atomic E-state index is 12.4. The van der Waals surface area contributed by atoms with E-state index in [1.807, 2.05) is 36.4 Å². The first-order valence-electron chi connectivity index (χ1n) is 6.24. The summed E-state index contributed by atoms with van der Waals surface area (Å²) in [6.07, 6.45) is 0. The fourth-order valence-corrected chi connectivity index (χ4v) is 2.16. The zero-order chi connectivity index (χ0) is 13.9. The summed E-state index contributed by atoms with van der Waals surface area (Å²) in [5.74, 6) is -0.451. The van der Waals surface area contributed by atoms with Crippen LogP contribution < -0.4 is 5.06 Å². The van der Waals surface area contributed by atoms with Crippen LogP contribution >= 0.6 is 0 Å². The Morgan fingerprint density at radius 2 is 1.65 bits per heavy atom. The predicted octanol–water partition coefficient (Wildman–Crippen LogP) is 3.68. The van der Waals surface area contributed by atoms with Crippen molar-refractivity contribution in [2.24, 2.45) is 0 Å². The van der Waals surface area contributed by atoms with Gasteiger partial charge in [-0.2, -0.15) is 5.06 Å². The van der Waals surface area contributed by atoms with Crippen LogP contribution in [0.5, 0.6) is 0 Å². The number of hydrogen-bond donors (Lipinski definition) is 1. The number of fused-ring (bicyclic) bond motifs is 1. The van der Waals surface area contributed by atoms with Gasteiger partial charge in [-0.05, 0) is 35.0 Å². The Kier molecular flexibility index (Phi) is 3.19. The van der Waals surface area contributed by atoms with Crippen LogP contribution in [-0.2, 0) is 0 Å². The number of carbonyl (C=O) groups is 1. The van der Waals surface area contributed by atoms with Crippen molar-refractivity contribution in [1.82, 2.24) is 0 Å². The molecule has 0 aromatic heterocycles. The molecule has 0 bridgehead atoms. The van der Waals surface area contributed by atoms with Crippen LogP contribution in [0, 0.1) is 6.07 Å². The molecule has 3 rings (SSSR count). The Balaban J connectivity index is 2.05. The van der Waals surface area contributed by atoms with Crippen molar-refractivity contribution in [3.05, 3.63) is 78.4 Å². The summed E-state index contributed by atoms with van der Waals surface area (Å²) in [7, 11) is 0. The number of hydrogen-bond acceptors (Lipinski definition) is 2. The highest BCUT2D eigenvalue weighted by molar-refractivity contribution is 6.12. The zero-order valence-electron chi connectivity index (χ0n) is 10.7. The first-order chi connectivity index (χ1) is 9.77. The lowest BCUT2D eigenvalue weighted by atomic mass is 10.0. The minimum atomic E-state index is -0.451. The fraction of sp³-hybridized carbons (Fsp3) is 0. The molecule has 0 spiro atoms. The molecule has 0 aliphatic carbocycles. The average molecular weight is 262 g/mol. The van der Waals surface area contributed by atoms with Crippen molar-refractivity contribution in [3.63, 3.8) is 0 Å². The van der Waals surface area contributed by atoms with Crippen LogP contribution in [0.25, 0.3) is 10.8 Å². The third kappa shape index (κ3) is 2.15. The van der Waals surface area contributed by atoms with Gasteiger partial charge >= 0.3 is 0 Å². The molecule has 0 saturated carbocycles. The topological polar surface area (TPSA) is 40.5 Å². The van der Waals surface area contributed by atoms with Gasteiger partial charge in [0.05, 0.1) is 5.69 Å². The number of carbonyl (C=O) groups excluding carboxylic acids is 1. The largest absolute Gasteiger partial charge is 0.282 e. The second kappa shape index (κ2) is 5.15. The van der Waals surface area contributed by atoms with Gasteiger partial charge in [-0.25, -0.2) is 0 Å². The molecule has 20 heavy (non-hydrogen) atoms. The van der Waals surface area contributed by atoms with E-state index < -0.39 is 5.91 Å². The number of hydroxylamine groups is 1. The van der Waals surface area contributed by atoms with Gasteiger partial charge in [0.1, 0.15) is 0 Å². The third-order valence-electron chi connectivity index (χ3n) is 3.16. The molecule has 0 aliphatic rings. The molecule has 0 unspecified atom stereocenters. The number of benzene rings is 3. The molecular weight excluding hydrogens is 250 g/mol. The Morgan fingerprint density at radius 1 is 0.950 bits per heavy atom. The maximum Gasteiger partial charge on any atom is 0.282 e. The Labute approximate surface area is 116 Å². The lowest BCUT2D eigenvalue weighted by molar-refractivity contribution is 0.0856. The van der Waals surface area contributed by atoms with Crippen LogP contribution in [0.1, 0.15) is 10.4 Å². The first-order valence-corrected chi connectivity index (χ1v) is 6.24. The number of anilines is 1. The smallest absolute Gasteiger partial charge is 0.281 e. The van der Waals surface area contributed by atoms with Crippen molar-refractivity contribution in [1.29, 1.82) is 0 Å². The van der Waals surface area contributed by atoms with Gasteiger partial charge in [0.25, 0.3) is 5.91 Å². The summed E-state index contributed by atoms with van der Waals surface area (Å²) in [5, 5.41) is 12.5. The van der Waals surface area contributed by atoms with E-state index in [2.05, 4.69) is 6.07 Å². The molecule has 0 fully saturated rings. The van der Waals surface area contributed by atoms with Crippen molar-refractivity contribution in [2.45, 2.75) is 0 Å². The van der Waals surface area contributed by atoms with E-state index in [1.54, 1.807) is 30.3 Å². The van der Waals surface area contributed by atoms with Gasteiger partial charge in [-0.15, -0.1) is 0 Å². The van der Waals surface area contributed by atoms with E-state index in [0.29, 0.717) is 16.3 Å². The van der Waals surface area contributed by atoms with E-state index in [4.69, 9.17) is 0 Å². The molecule has 97 valence electrons. The van der Waals surface area contributed by atoms with E-state index in [-0.39, 0.29) is 0 Å². The minimum Gasteiger partial charge on any atom is -0.281 e. The highest BCUT2D eigenvalue weighted by Gasteiger charge is 2.17. The van der Waals surface area contributed by atoms with Gasteiger partial charge < -0.3 is 0 Å². The number of nitrogens with zero attached hydrogens (tertiary/aromatic N) is 1. The Bertz CT molecular complexity index is 748. The van der Waals surface area contributed by atoms with Gasteiger partial charge in [0, 0.05) is 5.56 Å². The van der Waals surface area contributed by atoms with Gasteiger partial charge in [0.2, 0.25) is 0 Å². The lowest BCUT2D eigenvalue weighted by Gasteiger charge is -2.16. The molecule has 1 amide bonds. The minimum absolute atomic E-state index is 0.418. The zero-order valence-corrected chi connectivity index (χ0v) is 10.7. The van der Waals surface area contributed by atoms with Crippen LogP contribution in [0.2, 0.25) is 0 Å². The summed E-state index contributed by atoms with van der Waals surface area (Å²) in [4.78, 5) is 12.4. The third-order valence-corrected chi connectivity index (χ3v) is 3.16. The van der Waals surface area contributed by atoms with Gasteiger partial charge in [0.15, 0.2) is 0 Å². The fourth-order valence-electron chi connectivity index (χ4n) is 2.16. The molecule has 0 heterocycles. The van der Waals surface area contributed by atoms with Crippen LogP contribution in [0.3, 0.4) is 0 Å². The van der Waals surface area contributed by atoms with E-state index >= 15 is 0 Å².